The summed E-state index contributed by atoms with van der Waals surface area (Å²) >= 11 is 4.98. The van der Waals surface area contributed by atoms with Gasteiger partial charge in [0, 0.05) is 0 Å². The Balaban J connectivity index is 4.36. The lowest BCUT2D eigenvalue weighted by molar-refractivity contribution is 0.199. The average Bonchev–Trinajstić information content (AvgIpc) is 1.89. The van der Waals surface area contributed by atoms with Crippen molar-refractivity contribution in [2.75, 3.05) is 13.1 Å². The molecule has 66 valence electrons. The van der Waals surface area contributed by atoms with Gasteiger partial charge in [-0.25, -0.2) is 0 Å². The van der Waals surface area contributed by atoms with E-state index >= 15 is 0 Å². The van der Waals surface area contributed by atoms with Gasteiger partial charge in [-0.1, -0.05) is 26.1 Å². The molecule has 0 aromatic carbocycles. The van der Waals surface area contributed by atoms with Gasteiger partial charge in [-0.05, 0) is 26.9 Å². The van der Waals surface area contributed by atoms with Crippen molar-refractivity contribution in [1.82, 2.24) is 4.90 Å². The molecule has 0 rings (SSSR count). The third-order valence-corrected chi connectivity index (χ3v) is 2.66. The van der Waals surface area contributed by atoms with Crippen molar-refractivity contribution in [3.63, 3.8) is 0 Å². The molecule has 0 radical (unpaired) electrons. The van der Waals surface area contributed by atoms with Crippen LogP contribution in [0.2, 0.25) is 0 Å². The Morgan fingerprint density at radius 3 is 1.82 bits per heavy atom. The molecule has 0 fully saturated rings. The molecule has 0 aliphatic carbocycles. The van der Waals surface area contributed by atoms with E-state index in [9.17, 15) is 0 Å². The Bertz CT molecular complexity index is 139. The van der Waals surface area contributed by atoms with E-state index in [1.54, 1.807) is 0 Å². The van der Waals surface area contributed by atoms with E-state index in [0.29, 0.717) is 4.99 Å². The lowest BCUT2D eigenvalue weighted by Gasteiger charge is -2.36. The first kappa shape index (κ1) is 10.8. The number of hydrogen-bond donors (Lipinski definition) is 1. The molecule has 0 atom stereocenters. The van der Waals surface area contributed by atoms with Gasteiger partial charge in [0.05, 0.1) is 10.5 Å². The largest absolute Gasteiger partial charge is 0.392 e. The highest BCUT2D eigenvalue weighted by molar-refractivity contribution is 7.80. The molecule has 0 heterocycles. The summed E-state index contributed by atoms with van der Waals surface area (Å²) in [5.41, 5.74) is 5.47. The Labute approximate surface area is 74.8 Å². The zero-order chi connectivity index (χ0) is 9.07. The molecule has 0 aromatic heterocycles. The van der Waals surface area contributed by atoms with Gasteiger partial charge in [0.25, 0.3) is 0 Å². The summed E-state index contributed by atoms with van der Waals surface area (Å²) in [6, 6.07) is 0. The summed E-state index contributed by atoms with van der Waals surface area (Å²) in [4.78, 5) is 2.82. The van der Waals surface area contributed by atoms with Crippen LogP contribution in [0, 0.1) is 0 Å². The quantitative estimate of drug-likeness (QED) is 0.653. The molecule has 0 aromatic rings. The minimum atomic E-state index is -0.140. The standard InChI is InChI=1S/C8H18N2S/c1-5-10(6-2)8(3,4)7(9)11/h5-6H2,1-4H3,(H2,9,11). The van der Waals surface area contributed by atoms with Crippen molar-refractivity contribution in [3.05, 3.63) is 0 Å². The number of rotatable bonds is 4. The Kier molecular flexibility index (Phi) is 3.97. The second kappa shape index (κ2) is 4.02. The van der Waals surface area contributed by atoms with E-state index in [1.807, 2.05) is 0 Å². The second-order valence-corrected chi connectivity index (χ2v) is 3.54. The van der Waals surface area contributed by atoms with Gasteiger partial charge < -0.3 is 5.73 Å². The predicted molar refractivity (Wildman–Crippen MR) is 53.8 cm³/mol. The van der Waals surface area contributed by atoms with E-state index in [-0.39, 0.29) is 5.54 Å². The Morgan fingerprint density at radius 2 is 1.73 bits per heavy atom. The smallest absolute Gasteiger partial charge is 0.0928 e. The monoisotopic (exact) mass is 174 g/mol. The van der Waals surface area contributed by atoms with Gasteiger partial charge in [0.15, 0.2) is 0 Å². The first-order chi connectivity index (χ1) is 4.96. The van der Waals surface area contributed by atoms with E-state index in [0.717, 1.165) is 13.1 Å². The van der Waals surface area contributed by atoms with E-state index in [4.69, 9.17) is 18.0 Å². The maximum Gasteiger partial charge on any atom is 0.0928 e. The highest BCUT2D eigenvalue weighted by atomic mass is 32.1. The van der Waals surface area contributed by atoms with Crippen LogP contribution in [-0.2, 0) is 0 Å². The summed E-state index contributed by atoms with van der Waals surface area (Å²) in [7, 11) is 0. The first-order valence-corrected chi connectivity index (χ1v) is 4.42. The van der Waals surface area contributed by atoms with Crippen LogP contribution in [0.25, 0.3) is 0 Å². The zero-order valence-electron chi connectivity index (χ0n) is 7.85. The van der Waals surface area contributed by atoms with Crippen molar-refractivity contribution in [1.29, 1.82) is 0 Å². The number of nitrogens with zero attached hydrogens (tertiary/aromatic N) is 1. The van der Waals surface area contributed by atoms with Crippen molar-refractivity contribution in [2.45, 2.75) is 33.2 Å². The fraction of sp³-hybridized carbons (Fsp3) is 0.875. The molecule has 0 unspecified atom stereocenters. The third kappa shape index (κ3) is 2.42. The summed E-state index contributed by atoms with van der Waals surface area (Å²) in [6.07, 6.45) is 0. The van der Waals surface area contributed by atoms with Gasteiger partial charge in [-0.3, -0.25) is 4.90 Å². The molecule has 11 heavy (non-hydrogen) atoms. The molecular weight excluding hydrogens is 156 g/mol. The van der Waals surface area contributed by atoms with Crippen LogP contribution in [0.5, 0.6) is 0 Å². The van der Waals surface area contributed by atoms with Crippen molar-refractivity contribution >= 4 is 17.2 Å². The van der Waals surface area contributed by atoms with Crippen LogP contribution >= 0.6 is 12.2 Å². The normalized spacial score (nSPS) is 12.1. The fourth-order valence-electron chi connectivity index (χ4n) is 1.17. The Hall–Kier alpha value is -0.150. The lowest BCUT2D eigenvalue weighted by atomic mass is 10.0. The molecule has 3 heteroatoms. The summed E-state index contributed by atoms with van der Waals surface area (Å²) in [5.74, 6) is 0. The summed E-state index contributed by atoms with van der Waals surface area (Å²) in [6.45, 7) is 10.3. The van der Waals surface area contributed by atoms with Crippen LogP contribution in [0.4, 0.5) is 0 Å². The summed E-state index contributed by atoms with van der Waals surface area (Å²) in [5, 5.41) is 0. The lowest BCUT2D eigenvalue weighted by Crippen LogP contribution is -2.52. The van der Waals surface area contributed by atoms with E-state index in [1.165, 1.54) is 0 Å². The van der Waals surface area contributed by atoms with Gasteiger partial charge >= 0.3 is 0 Å². The van der Waals surface area contributed by atoms with Crippen LogP contribution in [0.3, 0.4) is 0 Å². The first-order valence-electron chi connectivity index (χ1n) is 4.01. The second-order valence-electron chi connectivity index (χ2n) is 3.10. The maximum atomic E-state index is 5.61. The molecule has 2 N–H and O–H groups in total. The SMILES string of the molecule is CCN(CC)C(C)(C)C(N)=S. The minimum absolute atomic E-state index is 0.140. The molecule has 0 spiro atoms. The van der Waals surface area contributed by atoms with Crippen molar-refractivity contribution in [3.8, 4) is 0 Å². The molecule has 0 saturated heterocycles. The molecule has 0 saturated carbocycles. The number of likely N-dealkylation sites (N-methyl/N-ethyl adjacent to an activating group) is 1. The van der Waals surface area contributed by atoms with Crippen molar-refractivity contribution in [2.24, 2.45) is 5.73 Å². The van der Waals surface area contributed by atoms with Gasteiger partial charge in [0.1, 0.15) is 0 Å². The molecular formula is C8H18N2S. The highest BCUT2D eigenvalue weighted by Gasteiger charge is 2.26. The highest BCUT2D eigenvalue weighted by Crippen LogP contribution is 2.13. The van der Waals surface area contributed by atoms with Gasteiger partial charge in [-0.15, -0.1) is 0 Å². The maximum absolute atomic E-state index is 5.61. The van der Waals surface area contributed by atoms with Crippen LogP contribution < -0.4 is 5.73 Å². The Morgan fingerprint density at radius 1 is 1.36 bits per heavy atom. The van der Waals surface area contributed by atoms with Crippen LogP contribution in [0.15, 0.2) is 0 Å². The molecule has 0 aliphatic heterocycles. The predicted octanol–water partition coefficient (Wildman–Crippen LogP) is 1.39. The third-order valence-electron chi connectivity index (χ3n) is 2.16. The molecule has 0 aliphatic rings. The number of thiocarbonyl (C=S) groups is 1. The van der Waals surface area contributed by atoms with Gasteiger partial charge in [0.2, 0.25) is 0 Å². The number of hydrogen-bond acceptors (Lipinski definition) is 2. The average molecular weight is 174 g/mol. The zero-order valence-corrected chi connectivity index (χ0v) is 8.66. The van der Waals surface area contributed by atoms with Gasteiger partial charge in [-0.2, -0.15) is 0 Å². The topological polar surface area (TPSA) is 29.3 Å². The van der Waals surface area contributed by atoms with Crippen molar-refractivity contribution < 1.29 is 0 Å². The number of nitrogens with two attached hydrogens (primary N) is 1. The summed E-state index contributed by atoms with van der Waals surface area (Å²) < 4.78 is 0. The minimum Gasteiger partial charge on any atom is -0.392 e. The molecule has 0 amide bonds. The van der Waals surface area contributed by atoms with E-state index < -0.39 is 0 Å². The van der Waals surface area contributed by atoms with E-state index in [2.05, 4.69) is 32.6 Å². The fourth-order valence-corrected chi connectivity index (χ4v) is 1.30. The van der Waals surface area contributed by atoms with Crippen LogP contribution in [0.1, 0.15) is 27.7 Å². The molecule has 0 bridgehead atoms. The van der Waals surface area contributed by atoms with Crippen LogP contribution in [-0.4, -0.2) is 28.5 Å². The molecule has 2 nitrogen and oxygen atoms in total.